The molecule has 18 heteroatoms. The number of anilines is 1. The molecule has 2 fully saturated rings. The standard InChI is InChI=1S/C37H51N6O11P/c1-5-8-22-51-36(48)42-20-18-41(19-21-42)35(47)29(25-55(49)54-37(52-31(44)12-6-2)53-32(45)13-7-3)39-34(46)28-23-30(43-17-16-27(24-43)50-4)40-33(38-28)26-14-10-9-11-15-26/h9-11,14-15,23,25,27,29,37H,5-8,12-13,16-22,24H2,1-4H3,(H,39,46)/t27-,29-/m0/s1. The van der Waals surface area contributed by atoms with E-state index in [1.165, 1.54) is 15.9 Å². The Hall–Kier alpha value is -4.70. The van der Waals surface area contributed by atoms with E-state index >= 15 is 0 Å². The van der Waals surface area contributed by atoms with Gasteiger partial charge in [-0.1, -0.05) is 62.0 Å². The highest BCUT2D eigenvalue weighted by Crippen LogP contribution is 2.25. The summed E-state index contributed by atoms with van der Waals surface area (Å²) in [6.07, 6.45) is 2.67. The lowest BCUT2D eigenvalue weighted by molar-refractivity contribution is -0.253. The summed E-state index contributed by atoms with van der Waals surface area (Å²) in [4.78, 5) is 92.8. The highest BCUT2D eigenvalue weighted by molar-refractivity contribution is 7.45. The van der Waals surface area contributed by atoms with E-state index in [4.69, 9.17) is 28.5 Å². The minimum atomic E-state index is -3.01. The lowest BCUT2D eigenvalue weighted by Crippen LogP contribution is -2.56. The van der Waals surface area contributed by atoms with Crippen molar-refractivity contribution < 1.29 is 52.3 Å². The van der Waals surface area contributed by atoms with Crippen LogP contribution in [0.4, 0.5) is 10.6 Å². The first-order valence-electron chi connectivity index (χ1n) is 18.7. The van der Waals surface area contributed by atoms with E-state index in [1.807, 2.05) is 30.0 Å². The number of piperazine rings is 1. The Bertz CT molecular complexity index is 1620. The Kier molecular flexibility index (Phi) is 17.2. The lowest BCUT2D eigenvalue weighted by Gasteiger charge is -2.35. The molecule has 2 saturated heterocycles. The molecule has 0 bridgehead atoms. The van der Waals surface area contributed by atoms with Gasteiger partial charge in [-0.25, -0.2) is 14.8 Å². The van der Waals surface area contributed by atoms with Crippen LogP contribution in [-0.2, 0) is 37.9 Å². The molecule has 300 valence electrons. The number of hydrogen-bond acceptors (Lipinski definition) is 14. The second-order valence-corrected chi connectivity index (χ2v) is 14.0. The molecule has 55 heavy (non-hydrogen) atoms. The maximum atomic E-state index is 14.1. The average molecular weight is 787 g/mol. The van der Waals surface area contributed by atoms with Crippen molar-refractivity contribution in [1.82, 2.24) is 25.1 Å². The Morgan fingerprint density at radius 2 is 1.58 bits per heavy atom. The summed E-state index contributed by atoms with van der Waals surface area (Å²) in [5, 5.41) is 2.64. The molecular formula is C37H51N6O11P. The van der Waals surface area contributed by atoms with Crippen LogP contribution < -0.4 is 15.1 Å². The van der Waals surface area contributed by atoms with Gasteiger partial charge >= 0.3 is 24.5 Å². The second-order valence-electron chi connectivity index (χ2n) is 12.9. The van der Waals surface area contributed by atoms with Crippen LogP contribution in [0.1, 0.15) is 76.2 Å². The summed E-state index contributed by atoms with van der Waals surface area (Å²) in [7, 11) is -1.38. The van der Waals surface area contributed by atoms with Gasteiger partial charge in [-0.2, -0.15) is 0 Å². The van der Waals surface area contributed by atoms with Gasteiger partial charge in [0.2, 0.25) is 8.00 Å². The van der Waals surface area contributed by atoms with Gasteiger partial charge in [-0.15, -0.1) is 0 Å². The van der Waals surface area contributed by atoms with Crippen LogP contribution in [0.25, 0.3) is 11.4 Å². The predicted octanol–water partition coefficient (Wildman–Crippen LogP) is 3.01. The van der Waals surface area contributed by atoms with Crippen molar-refractivity contribution in [3.05, 3.63) is 42.1 Å². The summed E-state index contributed by atoms with van der Waals surface area (Å²) in [6, 6.07) is 9.05. The van der Waals surface area contributed by atoms with Crippen molar-refractivity contribution in [3.63, 3.8) is 0 Å². The Morgan fingerprint density at radius 1 is 0.927 bits per heavy atom. The molecule has 4 rings (SSSR count). The molecule has 0 radical (unpaired) electrons. The molecule has 1 aromatic carbocycles. The molecule has 17 nitrogen and oxygen atoms in total. The Labute approximate surface area is 322 Å². The molecule has 3 amide bonds. The van der Waals surface area contributed by atoms with Crippen LogP contribution in [0, 0.1) is 0 Å². The van der Waals surface area contributed by atoms with Crippen molar-refractivity contribution in [3.8, 4) is 11.4 Å². The topological polar surface area (TPSA) is 202 Å². The maximum absolute atomic E-state index is 14.1. The molecule has 0 aliphatic carbocycles. The third-order valence-corrected chi connectivity index (χ3v) is 9.65. The van der Waals surface area contributed by atoms with Gasteiger partial charge < -0.3 is 43.9 Å². The number of esters is 2. The number of amides is 3. The molecule has 1 unspecified atom stereocenters. The van der Waals surface area contributed by atoms with E-state index in [-0.39, 0.29) is 63.2 Å². The molecule has 2 aromatic rings. The molecule has 3 atom stereocenters. The summed E-state index contributed by atoms with van der Waals surface area (Å²) in [5.41, 5.74) is 0.593. The number of carbonyl (C=O) groups excluding carboxylic acids is 5. The van der Waals surface area contributed by atoms with Gasteiger partial charge in [0.1, 0.15) is 17.3 Å². The Morgan fingerprint density at radius 3 is 2.18 bits per heavy atom. The SMILES string of the molecule is CCCCOC(=O)N1CCN(C(=O)[C@H](/C=[P+](\[O-])OC(OC(=O)CCC)OC(=O)CCC)NC(=O)c2cc(N3CC[C@H](OC)C3)nc(-c3ccccc3)n2)CC1. The predicted molar refractivity (Wildman–Crippen MR) is 201 cm³/mol. The number of hydrogen-bond donors (Lipinski definition) is 1. The van der Waals surface area contributed by atoms with Crippen molar-refractivity contribution in [1.29, 1.82) is 0 Å². The maximum Gasteiger partial charge on any atom is 0.409 e. The molecule has 2 aliphatic heterocycles. The first-order valence-corrected chi connectivity index (χ1v) is 19.9. The highest BCUT2D eigenvalue weighted by atomic mass is 31.1. The molecule has 1 aromatic heterocycles. The summed E-state index contributed by atoms with van der Waals surface area (Å²) in [5.74, 6) is -1.24. The summed E-state index contributed by atoms with van der Waals surface area (Å²) < 4.78 is 26.4. The molecule has 0 saturated carbocycles. The normalized spacial score (nSPS) is 16.5. The van der Waals surface area contributed by atoms with E-state index < -0.39 is 50.4 Å². The smallest absolute Gasteiger partial charge is 0.409 e. The molecule has 0 spiro atoms. The number of carbonyl (C=O) groups is 5. The second kappa shape index (κ2) is 22.0. The van der Waals surface area contributed by atoms with Gasteiger partial charge in [0.25, 0.3) is 11.8 Å². The fourth-order valence-corrected chi connectivity index (χ4v) is 6.46. The van der Waals surface area contributed by atoms with E-state index in [1.54, 1.807) is 33.1 Å². The van der Waals surface area contributed by atoms with Crippen LogP contribution in [0.5, 0.6) is 0 Å². The number of ether oxygens (including phenoxy) is 4. The van der Waals surface area contributed by atoms with Gasteiger partial charge in [-0.05, 0) is 25.7 Å². The van der Waals surface area contributed by atoms with Gasteiger partial charge in [0.15, 0.2) is 11.9 Å². The first kappa shape index (κ1) is 43.0. The van der Waals surface area contributed by atoms with Crippen molar-refractivity contribution in [2.45, 2.75) is 84.3 Å². The van der Waals surface area contributed by atoms with Crippen LogP contribution in [0.3, 0.4) is 0 Å². The summed E-state index contributed by atoms with van der Waals surface area (Å²) >= 11 is 0. The third kappa shape index (κ3) is 13.2. The largest absolute Gasteiger partial charge is 0.603 e. The van der Waals surface area contributed by atoms with E-state index in [0.29, 0.717) is 37.3 Å². The van der Waals surface area contributed by atoms with Crippen LogP contribution in [0.2, 0.25) is 0 Å². The monoisotopic (exact) mass is 786 g/mol. The zero-order valence-corrected chi connectivity index (χ0v) is 32.7. The van der Waals surface area contributed by atoms with E-state index in [0.717, 1.165) is 25.1 Å². The van der Waals surface area contributed by atoms with Crippen LogP contribution in [0.15, 0.2) is 36.4 Å². The first-order chi connectivity index (χ1) is 26.5. The molecule has 1 N–H and O–H groups in total. The van der Waals surface area contributed by atoms with Crippen LogP contribution in [-0.4, -0.2) is 127 Å². The van der Waals surface area contributed by atoms with Gasteiger partial charge in [0.05, 0.1) is 12.7 Å². The molecule has 2 aliphatic rings. The molecule has 3 heterocycles. The fraction of sp³-hybridized carbons (Fsp3) is 0.568. The lowest BCUT2D eigenvalue weighted by atomic mass is 10.2. The van der Waals surface area contributed by atoms with Gasteiger partial charge in [-0.3, -0.25) is 19.2 Å². The zero-order chi connectivity index (χ0) is 39.7. The minimum Gasteiger partial charge on any atom is -0.603 e. The summed E-state index contributed by atoms with van der Waals surface area (Å²) in [6.45, 7) is 5.48. The molecular weight excluding hydrogens is 735 g/mol. The number of aromatic nitrogens is 2. The quantitative estimate of drug-likeness (QED) is 0.100. The number of benzene rings is 1. The zero-order valence-electron chi connectivity index (χ0n) is 31.8. The Balaban J connectivity index is 1.62. The number of rotatable bonds is 18. The van der Waals surface area contributed by atoms with E-state index in [2.05, 4.69) is 10.3 Å². The van der Waals surface area contributed by atoms with Crippen molar-refractivity contribution in [2.75, 3.05) is 57.9 Å². The number of methoxy groups -OCH3 is 1. The average Bonchev–Trinajstić information content (AvgIpc) is 3.67. The van der Waals surface area contributed by atoms with Crippen molar-refractivity contribution in [2.24, 2.45) is 0 Å². The van der Waals surface area contributed by atoms with Crippen molar-refractivity contribution >= 4 is 49.5 Å². The number of nitrogens with one attached hydrogen (secondary N) is 1. The number of unbranched alkanes of at least 4 members (excludes halogenated alkanes) is 1. The van der Waals surface area contributed by atoms with Gasteiger partial charge in [0, 0.05) is 70.8 Å². The fourth-order valence-electron chi connectivity index (χ4n) is 5.69. The number of nitrogens with zero attached hydrogens (tertiary/aromatic N) is 5. The van der Waals surface area contributed by atoms with E-state index in [9.17, 15) is 28.9 Å². The van der Waals surface area contributed by atoms with Crippen LogP contribution >= 0.6 is 8.00 Å². The minimum absolute atomic E-state index is 0.0174. The highest BCUT2D eigenvalue weighted by Gasteiger charge is 2.34. The third-order valence-electron chi connectivity index (χ3n) is 8.73.